The van der Waals surface area contributed by atoms with Crippen LogP contribution in [0.1, 0.15) is 29.2 Å². The van der Waals surface area contributed by atoms with Crippen LogP contribution in [0.3, 0.4) is 0 Å². The van der Waals surface area contributed by atoms with E-state index in [9.17, 15) is 4.79 Å². The molecule has 2 rings (SSSR count). The van der Waals surface area contributed by atoms with Gasteiger partial charge in [0, 0.05) is 23.6 Å². The molecule has 0 aliphatic carbocycles. The van der Waals surface area contributed by atoms with Crippen LogP contribution >= 0.6 is 0 Å². The summed E-state index contributed by atoms with van der Waals surface area (Å²) in [5, 5.41) is 0. The Morgan fingerprint density at radius 3 is 2.14 bits per heavy atom. The summed E-state index contributed by atoms with van der Waals surface area (Å²) < 4.78 is 27.2. The summed E-state index contributed by atoms with van der Waals surface area (Å²) in [5.41, 5.74) is 3.80. The number of hydrogen-bond acceptors (Lipinski definition) is 6. The third kappa shape index (κ3) is 5.02. The molecule has 6 heteroatoms. The molecule has 0 aliphatic heterocycles. The molecule has 0 bridgehead atoms. The average molecular weight is 400 g/mol. The van der Waals surface area contributed by atoms with Gasteiger partial charge in [0.1, 0.15) is 0 Å². The van der Waals surface area contributed by atoms with E-state index in [-0.39, 0.29) is 5.97 Å². The molecule has 0 saturated heterocycles. The standard InChI is InChI=1S/C23H28O6/c1-7-29-19(24)12-11-16-9-8-10-17(13-16)14-18-15(2)20(25-3)22(27-5)23(28-6)21(18)26-4/h8-13H,7,14H2,1-6H3. The maximum atomic E-state index is 11.6. The van der Waals surface area contributed by atoms with Crippen molar-refractivity contribution in [1.29, 1.82) is 0 Å². The third-order valence-corrected chi connectivity index (χ3v) is 4.53. The molecule has 156 valence electrons. The molecule has 0 amide bonds. The van der Waals surface area contributed by atoms with E-state index in [1.807, 2.05) is 31.2 Å². The molecule has 29 heavy (non-hydrogen) atoms. The number of ether oxygens (including phenoxy) is 5. The Labute approximate surface area is 172 Å². The van der Waals surface area contributed by atoms with Crippen LogP contribution in [0.2, 0.25) is 0 Å². The lowest BCUT2D eigenvalue weighted by molar-refractivity contribution is -0.137. The highest BCUT2D eigenvalue weighted by Crippen LogP contribution is 2.49. The summed E-state index contributed by atoms with van der Waals surface area (Å²) in [7, 11) is 6.34. The highest BCUT2D eigenvalue weighted by Gasteiger charge is 2.25. The lowest BCUT2D eigenvalue weighted by Crippen LogP contribution is -2.05. The molecule has 0 radical (unpaired) electrons. The van der Waals surface area contributed by atoms with Crippen LogP contribution in [-0.4, -0.2) is 41.0 Å². The highest BCUT2D eigenvalue weighted by molar-refractivity contribution is 5.87. The van der Waals surface area contributed by atoms with Crippen molar-refractivity contribution in [2.45, 2.75) is 20.3 Å². The van der Waals surface area contributed by atoms with Gasteiger partial charge in [0.2, 0.25) is 11.5 Å². The quantitative estimate of drug-likeness (QED) is 0.464. The van der Waals surface area contributed by atoms with Gasteiger partial charge in [-0.25, -0.2) is 4.79 Å². The summed E-state index contributed by atoms with van der Waals surface area (Å²) in [6, 6.07) is 7.90. The van der Waals surface area contributed by atoms with E-state index in [0.717, 1.165) is 22.3 Å². The molecule has 6 nitrogen and oxygen atoms in total. The molecule has 0 aromatic heterocycles. The number of methoxy groups -OCH3 is 4. The summed E-state index contributed by atoms with van der Waals surface area (Å²) in [4.78, 5) is 11.6. The van der Waals surface area contributed by atoms with E-state index in [0.29, 0.717) is 36.0 Å². The molecule has 2 aromatic carbocycles. The second-order valence-electron chi connectivity index (χ2n) is 6.24. The zero-order valence-electron chi connectivity index (χ0n) is 17.8. The maximum absolute atomic E-state index is 11.6. The van der Waals surface area contributed by atoms with Gasteiger partial charge in [0.15, 0.2) is 11.5 Å². The first-order valence-corrected chi connectivity index (χ1v) is 9.29. The van der Waals surface area contributed by atoms with Crippen molar-refractivity contribution in [3.05, 3.63) is 52.6 Å². The van der Waals surface area contributed by atoms with Crippen LogP contribution in [0, 0.1) is 6.92 Å². The fraction of sp³-hybridized carbons (Fsp3) is 0.348. The topological polar surface area (TPSA) is 63.2 Å². The molecule has 0 heterocycles. The minimum absolute atomic E-state index is 0.351. The molecular weight excluding hydrogens is 372 g/mol. The van der Waals surface area contributed by atoms with Gasteiger partial charge in [-0.1, -0.05) is 24.3 Å². The lowest BCUT2D eigenvalue weighted by Gasteiger charge is -2.21. The number of rotatable bonds is 9. The van der Waals surface area contributed by atoms with Gasteiger partial charge in [0.25, 0.3) is 0 Å². The highest BCUT2D eigenvalue weighted by atomic mass is 16.5. The monoisotopic (exact) mass is 400 g/mol. The second kappa shape index (κ2) is 10.4. The van der Waals surface area contributed by atoms with Gasteiger partial charge in [-0.15, -0.1) is 0 Å². The molecule has 0 N–H and O–H groups in total. The van der Waals surface area contributed by atoms with Crippen molar-refractivity contribution in [3.8, 4) is 23.0 Å². The van der Waals surface area contributed by atoms with E-state index in [2.05, 4.69) is 0 Å². The van der Waals surface area contributed by atoms with Gasteiger partial charge in [-0.2, -0.15) is 0 Å². The van der Waals surface area contributed by atoms with E-state index in [1.165, 1.54) is 6.08 Å². The van der Waals surface area contributed by atoms with Crippen LogP contribution in [0.15, 0.2) is 30.3 Å². The van der Waals surface area contributed by atoms with Crippen LogP contribution in [-0.2, 0) is 16.0 Å². The molecule has 0 spiro atoms. The normalized spacial score (nSPS) is 10.7. The molecule has 0 atom stereocenters. The molecular formula is C23H28O6. The smallest absolute Gasteiger partial charge is 0.330 e. The van der Waals surface area contributed by atoms with Crippen molar-refractivity contribution in [2.75, 3.05) is 35.0 Å². The van der Waals surface area contributed by atoms with Crippen LogP contribution in [0.5, 0.6) is 23.0 Å². The number of esters is 1. The maximum Gasteiger partial charge on any atom is 0.330 e. The van der Waals surface area contributed by atoms with E-state index in [4.69, 9.17) is 23.7 Å². The van der Waals surface area contributed by atoms with Crippen molar-refractivity contribution >= 4 is 12.0 Å². The van der Waals surface area contributed by atoms with Gasteiger partial charge < -0.3 is 23.7 Å². The number of carbonyl (C=O) groups excluding carboxylic acids is 1. The first-order chi connectivity index (χ1) is 14.0. The average Bonchev–Trinajstić information content (AvgIpc) is 2.73. The van der Waals surface area contributed by atoms with E-state index in [1.54, 1.807) is 41.4 Å². The first-order valence-electron chi connectivity index (χ1n) is 9.29. The molecule has 0 unspecified atom stereocenters. The second-order valence-corrected chi connectivity index (χ2v) is 6.24. The summed E-state index contributed by atoms with van der Waals surface area (Å²) in [6.07, 6.45) is 3.75. The van der Waals surface area contributed by atoms with Crippen molar-refractivity contribution in [3.63, 3.8) is 0 Å². The Balaban J connectivity index is 2.46. The Hall–Kier alpha value is -3.15. The Morgan fingerprint density at radius 1 is 0.931 bits per heavy atom. The zero-order valence-corrected chi connectivity index (χ0v) is 17.8. The van der Waals surface area contributed by atoms with Crippen molar-refractivity contribution in [2.24, 2.45) is 0 Å². The fourth-order valence-corrected chi connectivity index (χ4v) is 3.23. The van der Waals surface area contributed by atoms with E-state index >= 15 is 0 Å². The minimum atomic E-state index is -0.361. The number of hydrogen-bond donors (Lipinski definition) is 0. The van der Waals surface area contributed by atoms with Crippen LogP contribution in [0.25, 0.3) is 6.08 Å². The zero-order chi connectivity index (χ0) is 21.4. The minimum Gasteiger partial charge on any atom is -0.492 e. The molecule has 0 fully saturated rings. The van der Waals surface area contributed by atoms with Crippen LogP contribution in [0.4, 0.5) is 0 Å². The molecule has 0 saturated carbocycles. The van der Waals surface area contributed by atoms with E-state index < -0.39 is 0 Å². The van der Waals surface area contributed by atoms with Gasteiger partial charge in [0.05, 0.1) is 35.0 Å². The summed E-state index contributed by atoms with van der Waals surface area (Å²) in [5.74, 6) is 1.85. The molecule has 0 aliphatic rings. The number of benzene rings is 2. The molecule has 2 aromatic rings. The Morgan fingerprint density at radius 2 is 1.55 bits per heavy atom. The SMILES string of the molecule is CCOC(=O)C=Cc1cccc(Cc2c(C)c(OC)c(OC)c(OC)c2OC)c1. The fourth-order valence-electron chi connectivity index (χ4n) is 3.23. The third-order valence-electron chi connectivity index (χ3n) is 4.53. The predicted molar refractivity (Wildman–Crippen MR) is 112 cm³/mol. The summed E-state index contributed by atoms with van der Waals surface area (Å²) >= 11 is 0. The largest absolute Gasteiger partial charge is 0.492 e. The number of carbonyl (C=O) groups is 1. The van der Waals surface area contributed by atoms with Crippen molar-refractivity contribution < 1.29 is 28.5 Å². The van der Waals surface area contributed by atoms with Gasteiger partial charge in [-0.3, -0.25) is 0 Å². The first kappa shape index (κ1) is 22.1. The van der Waals surface area contributed by atoms with Crippen LogP contribution < -0.4 is 18.9 Å². The van der Waals surface area contributed by atoms with Gasteiger partial charge >= 0.3 is 5.97 Å². The Kier molecular flexibility index (Phi) is 7.95. The summed E-state index contributed by atoms with van der Waals surface area (Å²) in [6.45, 7) is 4.09. The van der Waals surface area contributed by atoms with Crippen molar-refractivity contribution in [1.82, 2.24) is 0 Å². The lowest BCUT2D eigenvalue weighted by atomic mass is 9.96. The van der Waals surface area contributed by atoms with Gasteiger partial charge in [-0.05, 0) is 31.1 Å². The predicted octanol–water partition coefficient (Wildman–Crippen LogP) is 4.20. The Bertz CT molecular complexity index is 885.